The Bertz CT molecular complexity index is 727. The Kier molecular flexibility index (Phi) is 5.17. The molecule has 2 aliphatic heterocycles. The smallest absolute Gasteiger partial charge is 0.216 e. The molecule has 1 aromatic carbocycles. The van der Waals surface area contributed by atoms with Gasteiger partial charge in [0.25, 0.3) is 0 Å². The van der Waals surface area contributed by atoms with Crippen LogP contribution >= 0.6 is 11.6 Å². The molecule has 1 unspecified atom stereocenters. The zero-order valence-electron chi connectivity index (χ0n) is 13.3. The van der Waals surface area contributed by atoms with Crippen molar-refractivity contribution in [2.45, 2.75) is 0 Å². The summed E-state index contributed by atoms with van der Waals surface area (Å²) in [5, 5.41) is 11.7. The molecule has 0 fully saturated rings. The van der Waals surface area contributed by atoms with Crippen LogP contribution in [-0.4, -0.2) is 48.7 Å². The Hall–Kier alpha value is -2.31. The third-order valence-electron chi connectivity index (χ3n) is 3.76. The number of nitrogens with one attached hydrogen (secondary N) is 1. The molecule has 0 amide bonds. The van der Waals surface area contributed by atoms with Crippen LogP contribution < -0.4 is 5.43 Å². The first kappa shape index (κ1) is 16.5. The van der Waals surface area contributed by atoms with E-state index in [1.807, 2.05) is 35.5 Å². The molecule has 24 heavy (non-hydrogen) atoms. The van der Waals surface area contributed by atoms with E-state index in [4.69, 9.17) is 16.3 Å². The molecule has 1 atom stereocenters. The van der Waals surface area contributed by atoms with E-state index in [0.29, 0.717) is 29.8 Å². The van der Waals surface area contributed by atoms with Gasteiger partial charge in [0.2, 0.25) is 5.90 Å². The van der Waals surface area contributed by atoms with E-state index in [1.54, 1.807) is 13.3 Å². The van der Waals surface area contributed by atoms with Gasteiger partial charge in [-0.1, -0.05) is 29.8 Å². The van der Waals surface area contributed by atoms with Crippen molar-refractivity contribution in [1.29, 1.82) is 0 Å². The van der Waals surface area contributed by atoms with Crippen LogP contribution in [-0.2, 0) is 4.74 Å². The summed E-state index contributed by atoms with van der Waals surface area (Å²) in [5.74, 6) is 1.33. The predicted molar refractivity (Wildman–Crippen MR) is 95.7 cm³/mol. The number of rotatable bonds is 4. The van der Waals surface area contributed by atoms with Gasteiger partial charge in [-0.25, -0.2) is 4.99 Å². The van der Waals surface area contributed by atoms with Gasteiger partial charge < -0.3 is 9.84 Å². The molecular formula is C17H19ClN4O2. The molecule has 0 saturated carbocycles. The number of aliphatic hydroxyl groups excluding tert-OH is 1. The number of aliphatic hydroxyl groups is 1. The molecule has 0 saturated heterocycles. The van der Waals surface area contributed by atoms with Crippen molar-refractivity contribution in [3.8, 4) is 0 Å². The molecule has 2 aliphatic rings. The molecule has 126 valence electrons. The highest BCUT2D eigenvalue weighted by Crippen LogP contribution is 2.26. The molecule has 0 aliphatic carbocycles. The summed E-state index contributed by atoms with van der Waals surface area (Å²) in [5.41, 5.74) is 4.97. The number of methoxy groups -OCH3 is 1. The molecule has 2 N–H and O–H groups in total. The van der Waals surface area contributed by atoms with Crippen molar-refractivity contribution >= 4 is 28.9 Å². The fourth-order valence-electron chi connectivity index (χ4n) is 2.68. The molecule has 7 heteroatoms. The van der Waals surface area contributed by atoms with E-state index in [0.717, 1.165) is 11.1 Å². The van der Waals surface area contributed by atoms with Crippen LogP contribution in [0.4, 0.5) is 0 Å². The largest absolute Gasteiger partial charge is 0.481 e. The highest BCUT2D eigenvalue weighted by molar-refractivity contribution is 6.31. The van der Waals surface area contributed by atoms with Crippen LogP contribution in [0.3, 0.4) is 0 Å². The highest BCUT2D eigenvalue weighted by Gasteiger charge is 2.21. The number of amidine groups is 1. The third-order valence-corrected chi connectivity index (χ3v) is 4.00. The lowest BCUT2D eigenvalue weighted by molar-refractivity contribution is 0.276. The van der Waals surface area contributed by atoms with E-state index >= 15 is 0 Å². The normalized spacial score (nSPS) is 20.0. The molecule has 0 radical (unpaired) electrons. The second-order valence-corrected chi connectivity index (χ2v) is 5.93. The van der Waals surface area contributed by atoms with Crippen molar-refractivity contribution in [2.75, 3.05) is 26.8 Å². The van der Waals surface area contributed by atoms with E-state index < -0.39 is 0 Å². The Balaban J connectivity index is 1.78. The Morgan fingerprint density at radius 2 is 2.33 bits per heavy atom. The van der Waals surface area contributed by atoms with E-state index in [9.17, 15) is 5.11 Å². The number of hydrogen-bond donors (Lipinski definition) is 2. The second kappa shape index (κ2) is 7.51. The maximum Gasteiger partial charge on any atom is 0.216 e. The minimum absolute atomic E-state index is 0.124. The fraction of sp³-hybridized carbons (Fsp3) is 0.294. The van der Waals surface area contributed by atoms with Crippen molar-refractivity contribution in [3.63, 3.8) is 0 Å². The zero-order valence-corrected chi connectivity index (χ0v) is 14.1. The van der Waals surface area contributed by atoms with Crippen LogP contribution in [0.25, 0.3) is 5.57 Å². The SMILES string of the molecule is COC1=NCC(CN2C=CN=C(CO)N2)C=C1c1cccc(Cl)c1. The van der Waals surface area contributed by atoms with E-state index in [1.165, 1.54) is 0 Å². The zero-order chi connectivity index (χ0) is 16.9. The molecule has 2 heterocycles. The Labute approximate surface area is 145 Å². The Morgan fingerprint density at radius 3 is 3.08 bits per heavy atom. The van der Waals surface area contributed by atoms with Crippen molar-refractivity contribution < 1.29 is 9.84 Å². The van der Waals surface area contributed by atoms with Gasteiger partial charge in [-0.2, -0.15) is 0 Å². The summed E-state index contributed by atoms with van der Waals surface area (Å²) >= 11 is 6.11. The van der Waals surface area contributed by atoms with Crippen molar-refractivity contribution in [3.05, 3.63) is 53.3 Å². The van der Waals surface area contributed by atoms with E-state index in [2.05, 4.69) is 21.5 Å². The van der Waals surface area contributed by atoms with Gasteiger partial charge in [0.15, 0.2) is 0 Å². The first-order chi connectivity index (χ1) is 11.7. The van der Waals surface area contributed by atoms with Gasteiger partial charge in [0.05, 0.1) is 13.7 Å². The highest BCUT2D eigenvalue weighted by atomic mass is 35.5. The summed E-state index contributed by atoms with van der Waals surface area (Å²) < 4.78 is 5.41. The minimum atomic E-state index is -0.124. The second-order valence-electron chi connectivity index (χ2n) is 5.50. The van der Waals surface area contributed by atoms with Gasteiger partial charge in [-0.05, 0) is 17.7 Å². The van der Waals surface area contributed by atoms with Gasteiger partial charge in [-0.3, -0.25) is 15.4 Å². The summed E-state index contributed by atoms with van der Waals surface area (Å²) in [6.45, 7) is 1.20. The monoisotopic (exact) mass is 346 g/mol. The van der Waals surface area contributed by atoms with Crippen LogP contribution in [0, 0.1) is 5.92 Å². The molecule has 1 aromatic rings. The van der Waals surface area contributed by atoms with E-state index in [-0.39, 0.29) is 12.5 Å². The maximum atomic E-state index is 9.18. The average molecular weight is 347 g/mol. The molecular weight excluding hydrogens is 328 g/mol. The number of hydrazine groups is 1. The predicted octanol–water partition coefficient (Wildman–Crippen LogP) is 2.08. The molecule has 3 rings (SSSR count). The fourth-order valence-corrected chi connectivity index (χ4v) is 2.87. The summed E-state index contributed by atoms with van der Waals surface area (Å²) in [7, 11) is 1.62. The Morgan fingerprint density at radius 1 is 1.46 bits per heavy atom. The number of dihydropyridines is 1. The van der Waals surface area contributed by atoms with Gasteiger partial charge in [0, 0.05) is 35.5 Å². The van der Waals surface area contributed by atoms with Crippen molar-refractivity contribution in [2.24, 2.45) is 15.9 Å². The summed E-state index contributed by atoms with van der Waals surface area (Å²) in [4.78, 5) is 8.59. The summed E-state index contributed by atoms with van der Waals surface area (Å²) in [6.07, 6.45) is 5.65. The van der Waals surface area contributed by atoms with Crippen LogP contribution in [0.2, 0.25) is 5.02 Å². The molecule has 0 bridgehead atoms. The lowest BCUT2D eigenvalue weighted by atomic mass is 9.97. The molecule has 6 nitrogen and oxygen atoms in total. The topological polar surface area (TPSA) is 69.5 Å². The lowest BCUT2D eigenvalue weighted by Crippen LogP contribution is -2.44. The van der Waals surface area contributed by atoms with Crippen molar-refractivity contribution in [1.82, 2.24) is 10.4 Å². The van der Waals surface area contributed by atoms with Crippen LogP contribution in [0.15, 0.2) is 52.7 Å². The standard InChI is InChI=1S/C17H19ClN4O2/c1-24-17-15(13-3-2-4-14(18)8-13)7-12(9-20-17)10-22-6-5-19-16(11-23)21-22/h2-8,12,23H,9-11H2,1H3,(H,19,21). The number of benzene rings is 1. The van der Waals surface area contributed by atoms with Gasteiger partial charge in [-0.15, -0.1) is 0 Å². The minimum Gasteiger partial charge on any atom is -0.481 e. The first-order valence-corrected chi connectivity index (χ1v) is 8.01. The number of aliphatic imine (C=N–C) groups is 2. The van der Waals surface area contributed by atoms with Crippen LogP contribution in [0.5, 0.6) is 0 Å². The van der Waals surface area contributed by atoms with Gasteiger partial charge >= 0.3 is 0 Å². The van der Waals surface area contributed by atoms with Gasteiger partial charge in [0.1, 0.15) is 12.4 Å². The number of halogens is 1. The average Bonchev–Trinajstić information content (AvgIpc) is 2.62. The third kappa shape index (κ3) is 3.77. The lowest BCUT2D eigenvalue weighted by Gasteiger charge is -2.29. The van der Waals surface area contributed by atoms with Crippen LogP contribution in [0.1, 0.15) is 5.56 Å². The quantitative estimate of drug-likeness (QED) is 0.875. The number of nitrogens with zero attached hydrogens (tertiary/aromatic N) is 3. The maximum absolute atomic E-state index is 9.18. The number of hydrogen-bond acceptors (Lipinski definition) is 6. The summed E-state index contributed by atoms with van der Waals surface area (Å²) in [6, 6.07) is 7.64. The first-order valence-electron chi connectivity index (χ1n) is 7.63. The number of ether oxygens (including phenoxy) is 1. The molecule has 0 aromatic heterocycles. The molecule has 0 spiro atoms.